The fourth-order valence-corrected chi connectivity index (χ4v) is 4.85. The van der Waals surface area contributed by atoms with Crippen molar-refractivity contribution in [1.82, 2.24) is 9.97 Å². The van der Waals surface area contributed by atoms with E-state index in [0.717, 1.165) is 42.2 Å². The molecule has 166 valence electrons. The van der Waals surface area contributed by atoms with E-state index in [4.69, 9.17) is 19.2 Å². The van der Waals surface area contributed by atoms with E-state index in [1.807, 2.05) is 6.20 Å². The number of aromatic nitrogens is 2. The van der Waals surface area contributed by atoms with Gasteiger partial charge in [-0.25, -0.2) is 4.98 Å². The normalized spacial score (nSPS) is 26.9. The summed E-state index contributed by atoms with van der Waals surface area (Å²) in [6, 6.07) is 6.75. The Kier molecular flexibility index (Phi) is 5.51. The van der Waals surface area contributed by atoms with E-state index in [-0.39, 0.29) is 11.7 Å². The van der Waals surface area contributed by atoms with Crippen LogP contribution in [0.25, 0.3) is 11.1 Å². The van der Waals surface area contributed by atoms with Crippen molar-refractivity contribution in [1.29, 1.82) is 0 Å². The molecule has 6 nitrogen and oxygen atoms in total. The number of anilines is 1. The fourth-order valence-electron chi connectivity index (χ4n) is 4.85. The van der Waals surface area contributed by atoms with Gasteiger partial charge in [0, 0.05) is 25.1 Å². The first-order valence-electron chi connectivity index (χ1n) is 11.7. The van der Waals surface area contributed by atoms with Gasteiger partial charge in [0.15, 0.2) is 0 Å². The Balaban J connectivity index is 1.42. The topological polar surface area (TPSA) is 65.5 Å². The van der Waals surface area contributed by atoms with Gasteiger partial charge in [-0.05, 0) is 68.7 Å². The average Bonchev–Trinajstić information content (AvgIpc) is 3.35. The maximum Gasteiger partial charge on any atom is 0.226 e. The van der Waals surface area contributed by atoms with Crippen LogP contribution in [0.4, 0.5) is 5.95 Å². The molecule has 3 heterocycles. The molecule has 1 atom stereocenters. The second-order valence-corrected chi connectivity index (χ2v) is 9.98. The summed E-state index contributed by atoms with van der Waals surface area (Å²) in [4.78, 5) is 9.48. The molecular weight excluding hydrogens is 390 g/mol. The summed E-state index contributed by atoms with van der Waals surface area (Å²) in [6.45, 7) is 7.92. The Morgan fingerprint density at radius 3 is 2.74 bits per heavy atom. The highest BCUT2D eigenvalue weighted by Crippen LogP contribution is 2.39. The maximum atomic E-state index is 6.32. The molecular formula is C25H33N3O3. The van der Waals surface area contributed by atoms with Crippen molar-refractivity contribution in [2.45, 2.75) is 77.0 Å². The number of fused-ring (bicyclic) bond motifs is 1. The third kappa shape index (κ3) is 4.64. The lowest BCUT2D eigenvalue weighted by molar-refractivity contribution is 0.138. The third-order valence-corrected chi connectivity index (χ3v) is 6.64. The summed E-state index contributed by atoms with van der Waals surface area (Å²) >= 11 is 0. The number of benzene rings is 1. The fraction of sp³-hybridized carbons (Fsp3) is 0.600. The van der Waals surface area contributed by atoms with Crippen molar-refractivity contribution < 1.29 is 14.2 Å². The van der Waals surface area contributed by atoms with Gasteiger partial charge in [0.1, 0.15) is 17.5 Å². The van der Waals surface area contributed by atoms with Gasteiger partial charge in [-0.2, -0.15) is 4.98 Å². The van der Waals surface area contributed by atoms with Gasteiger partial charge in [0.25, 0.3) is 0 Å². The Morgan fingerprint density at radius 2 is 1.97 bits per heavy atom. The molecule has 0 unspecified atom stereocenters. The van der Waals surface area contributed by atoms with Crippen molar-refractivity contribution in [3.8, 4) is 22.8 Å². The molecule has 1 aromatic heterocycles. The first kappa shape index (κ1) is 20.6. The first-order chi connectivity index (χ1) is 14.9. The van der Waals surface area contributed by atoms with Crippen molar-refractivity contribution in [3.63, 3.8) is 0 Å². The number of nitrogens with zero attached hydrogens (tertiary/aromatic N) is 2. The lowest BCUT2D eigenvalue weighted by atomic mass is 9.87. The van der Waals surface area contributed by atoms with Crippen LogP contribution in [-0.2, 0) is 11.2 Å². The smallest absolute Gasteiger partial charge is 0.226 e. The zero-order valence-electron chi connectivity index (χ0n) is 18.8. The van der Waals surface area contributed by atoms with Crippen molar-refractivity contribution in [3.05, 3.63) is 30.0 Å². The van der Waals surface area contributed by atoms with Crippen LogP contribution in [0.15, 0.2) is 24.4 Å². The second-order valence-electron chi connectivity index (χ2n) is 9.98. The SMILES string of the molecule is CC1CCC(Nc2ncc(-c3ccc4c(c3)CC(C)(C)O4)c(O[C@@H]3CCOC3)n2)CC1. The van der Waals surface area contributed by atoms with Crippen LogP contribution in [0, 0.1) is 5.92 Å². The standard InChI is InChI=1S/C25H33N3O3/c1-16-4-7-19(8-5-16)27-24-26-14-21(23(28-24)30-20-10-11-29-15-20)17-6-9-22-18(12-17)13-25(2,3)31-22/h6,9,12,14,16,19-20H,4-5,7-8,10-11,13,15H2,1-3H3,(H,26,27,28)/t16?,19?,20-/m1/s1. The van der Waals surface area contributed by atoms with Gasteiger partial charge in [0.2, 0.25) is 11.8 Å². The number of hydrogen-bond donors (Lipinski definition) is 1. The van der Waals surface area contributed by atoms with Gasteiger partial charge < -0.3 is 19.5 Å². The molecule has 0 spiro atoms. The predicted molar refractivity (Wildman–Crippen MR) is 121 cm³/mol. The Bertz CT molecular complexity index is 932. The minimum atomic E-state index is -0.163. The van der Waals surface area contributed by atoms with E-state index in [0.29, 0.717) is 24.5 Å². The van der Waals surface area contributed by atoms with Gasteiger partial charge in [-0.15, -0.1) is 0 Å². The van der Waals surface area contributed by atoms with E-state index in [1.165, 1.54) is 31.2 Å². The Hall–Kier alpha value is -2.34. The van der Waals surface area contributed by atoms with Crippen LogP contribution in [0.2, 0.25) is 0 Å². The van der Waals surface area contributed by atoms with Gasteiger partial charge in [-0.3, -0.25) is 0 Å². The molecule has 1 saturated heterocycles. The van der Waals surface area contributed by atoms with Crippen molar-refractivity contribution in [2.75, 3.05) is 18.5 Å². The summed E-state index contributed by atoms with van der Waals surface area (Å²) in [5.41, 5.74) is 3.04. The van der Waals surface area contributed by atoms with Gasteiger partial charge in [0.05, 0.1) is 18.8 Å². The van der Waals surface area contributed by atoms with Crippen LogP contribution < -0.4 is 14.8 Å². The first-order valence-corrected chi connectivity index (χ1v) is 11.7. The molecule has 2 fully saturated rings. The number of ether oxygens (including phenoxy) is 3. The number of nitrogens with one attached hydrogen (secondary N) is 1. The van der Waals surface area contributed by atoms with Crippen LogP contribution in [0.5, 0.6) is 11.6 Å². The number of rotatable bonds is 5. The van der Waals surface area contributed by atoms with E-state index in [9.17, 15) is 0 Å². The van der Waals surface area contributed by atoms with Gasteiger partial charge in [-0.1, -0.05) is 13.0 Å². The maximum absolute atomic E-state index is 6.32. The highest BCUT2D eigenvalue weighted by atomic mass is 16.5. The minimum absolute atomic E-state index is 0.0359. The van der Waals surface area contributed by atoms with E-state index < -0.39 is 0 Å². The molecule has 1 N–H and O–H groups in total. The largest absolute Gasteiger partial charge is 0.487 e. The molecule has 5 rings (SSSR count). The highest BCUT2D eigenvalue weighted by Gasteiger charge is 2.30. The molecule has 3 aliphatic rings. The van der Waals surface area contributed by atoms with Crippen LogP contribution >= 0.6 is 0 Å². The van der Waals surface area contributed by atoms with Crippen LogP contribution in [0.1, 0.15) is 58.4 Å². The van der Waals surface area contributed by atoms with Crippen LogP contribution in [0.3, 0.4) is 0 Å². The molecule has 2 aliphatic heterocycles. The molecule has 31 heavy (non-hydrogen) atoms. The Morgan fingerprint density at radius 1 is 1.13 bits per heavy atom. The summed E-state index contributed by atoms with van der Waals surface area (Å²) in [6.07, 6.45) is 8.56. The van der Waals surface area contributed by atoms with E-state index in [1.54, 1.807) is 0 Å². The zero-order valence-corrected chi connectivity index (χ0v) is 18.8. The molecule has 2 aromatic rings. The molecule has 6 heteroatoms. The summed E-state index contributed by atoms with van der Waals surface area (Å²) in [5.74, 6) is 3.07. The highest BCUT2D eigenvalue weighted by molar-refractivity contribution is 5.70. The minimum Gasteiger partial charge on any atom is -0.487 e. The lowest BCUT2D eigenvalue weighted by Gasteiger charge is -2.27. The zero-order chi connectivity index (χ0) is 21.4. The molecule has 0 radical (unpaired) electrons. The van der Waals surface area contributed by atoms with E-state index >= 15 is 0 Å². The molecule has 1 aromatic carbocycles. The molecule has 0 amide bonds. The van der Waals surface area contributed by atoms with Crippen LogP contribution in [-0.4, -0.2) is 40.9 Å². The van der Waals surface area contributed by atoms with Gasteiger partial charge >= 0.3 is 0 Å². The predicted octanol–water partition coefficient (Wildman–Crippen LogP) is 5.02. The molecule has 1 saturated carbocycles. The monoisotopic (exact) mass is 423 g/mol. The second kappa shape index (κ2) is 8.30. The quantitative estimate of drug-likeness (QED) is 0.729. The summed E-state index contributed by atoms with van der Waals surface area (Å²) in [5, 5.41) is 3.54. The molecule has 1 aliphatic carbocycles. The number of hydrogen-bond acceptors (Lipinski definition) is 6. The van der Waals surface area contributed by atoms with E-state index in [2.05, 4.69) is 49.3 Å². The molecule has 0 bridgehead atoms. The Labute approximate surface area is 184 Å². The lowest BCUT2D eigenvalue weighted by Crippen LogP contribution is -2.26. The van der Waals surface area contributed by atoms with Crippen molar-refractivity contribution in [2.24, 2.45) is 5.92 Å². The summed E-state index contributed by atoms with van der Waals surface area (Å²) < 4.78 is 17.9. The van der Waals surface area contributed by atoms with Crippen molar-refractivity contribution >= 4 is 5.95 Å². The summed E-state index contributed by atoms with van der Waals surface area (Å²) in [7, 11) is 0. The third-order valence-electron chi connectivity index (χ3n) is 6.64. The average molecular weight is 424 g/mol.